The average Bonchev–Trinajstić information content (AvgIpc) is 2.96. The van der Waals surface area contributed by atoms with Crippen molar-refractivity contribution >= 4 is 0 Å². The number of hydrogen-bond donors (Lipinski definition) is 1. The molecule has 1 aliphatic carbocycles. The van der Waals surface area contributed by atoms with Gasteiger partial charge in [0, 0.05) is 32.3 Å². The van der Waals surface area contributed by atoms with Crippen LogP contribution in [0.4, 0.5) is 0 Å². The highest BCUT2D eigenvalue weighted by atomic mass is 16.5. The molecule has 2 rings (SSSR count). The van der Waals surface area contributed by atoms with Crippen LogP contribution in [-0.2, 0) is 4.74 Å². The highest BCUT2D eigenvalue weighted by Crippen LogP contribution is 2.41. The average molecular weight is 226 g/mol. The Morgan fingerprint density at radius 1 is 1.44 bits per heavy atom. The summed E-state index contributed by atoms with van der Waals surface area (Å²) in [6.45, 7) is 5.38. The van der Waals surface area contributed by atoms with Crippen LogP contribution in [0, 0.1) is 5.92 Å². The van der Waals surface area contributed by atoms with Crippen molar-refractivity contribution in [2.24, 2.45) is 11.7 Å². The summed E-state index contributed by atoms with van der Waals surface area (Å²) in [7, 11) is 1.83. The van der Waals surface area contributed by atoms with E-state index in [1.165, 1.54) is 38.6 Å². The Hall–Kier alpha value is -0.120. The Morgan fingerprint density at radius 3 is 2.75 bits per heavy atom. The minimum Gasteiger partial charge on any atom is -0.380 e. The number of likely N-dealkylation sites (tertiary alicyclic amines) is 1. The summed E-state index contributed by atoms with van der Waals surface area (Å²) in [5, 5.41) is 0. The van der Waals surface area contributed by atoms with Crippen LogP contribution in [0.2, 0.25) is 0 Å². The fourth-order valence-electron chi connectivity index (χ4n) is 3.52. The van der Waals surface area contributed by atoms with Crippen LogP contribution in [0.15, 0.2) is 0 Å². The van der Waals surface area contributed by atoms with Gasteiger partial charge in [0.2, 0.25) is 0 Å². The van der Waals surface area contributed by atoms with Crippen molar-refractivity contribution in [1.82, 2.24) is 4.90 Å². The molecule has 1 heterocycles. The smallest absolute Gasteiger partial charge is 0.0710 e. The van der Waals surface area contributed by atoms with Crippen molar-refractivity contribution < 1.29 is 4.74 Å². The molecule has 3 atom stereocenters. The van der Waals surface area contributed by atoms with Gasteiger partial charge in [0.15, 0.2) is 0 Å². The van der Waals surface area contributed by atoms with Gasteiger partial charge in [-0.3, -0.25) is 4.90 Å². The van der Waals surface area contributed by atoms with Gasteiger partial charge in [-0.1, -0.05) is 13.3 Å². The first kappa shape index (κ1) is 12.3. The largest absolute Gasteiger partial charge is 0.380 e. The summed E-state index contributed by atoms with van der Waals surface area (Å²) < 4.78 is 5.46. The fraction of sp³-hybridized carbons (Fsp3) is 1.00. The van der Waals surface area contributed by atoms with E-state index in [1.807, 2.05) is 7.11 Å². The number of nitrogens with zero attached hydrogens (tertiary/aromatic N) is 1. The van der Waals surface area contributed by atoms with E-state index in [9.17, 15) is 0 Å². The van der Waals surface area contributed by atoms with Gasteiger partial charge in [0.05, 0.1) is 6.10 Å². The highest BCUT2D eigenvalue weighted by molar-refractivity contribution is 5.01. The van der Waals surface area contributed by atoms with E-state index in [0.717, 1.165) is 19.0 Å². The lowest BCUT2D eigenvalue weighted by Crippen LogP contribution is -2.51. The molecule has 1 saturated carbocycles. The van der Waals surface area contributed by atoms with Crippen LogP contribution in [-0.4, -0.2) is 43.3 Å². The monoisotopic (exact) mass is 226 g/mol. The topological polar surface area (TPSA) is 38.5 Å². The van der Waals surface area contributed by atoms with E-state index in [2.05, 4.69) is 11.8 Å². The molecule has 2 aliphatic rings. The van der Waals surface area contributed by atoms with Crippen molar-refractivity contribution in [1.29, 1.82) is 0 Å². The molecule has 1 aliphatic heterocycles. The Balaban J connectivity index is 2.00. The molecule has 16 heavy (non-hydrogen) atoms. The first-order chi connectivity index (χ1) is 7.74. The summed E-state index contributed by atoms with van der Waals surface area (Å²) in [5.41, 5.74) is 6.37. The minimum atomic E-state index is 0.300. The van der Waals surface area contributed by atoms with E-state index in [1.54, 1.807) is 0 Å². The molecule has 2 fully saturated rings. The van der Waals surface area contributed by atoms with Crippen LogP contribution >= 0.6 is 0 Å². The minimum absolute atomic E-state index is 0.300. The lowest BCUT2D eigenvalue weighted by Gasteiger charge is -2.38. The van der Waals surface area contributed by atoms with Crippen LogP contribution in [0.1, 0.15) is 39.0 Å². The van der Waals surface area contributed by atoms with E-state index >= 15 is 0 Å². The predicted octanol–water partition coefficient (Wildman–Crippen LogP) is 1.61. The van der Waals surface area contributed by atoms with Crippen molar-refractivity contribution in [3.8, 4) is 0 Å². The maximum Gasteiger partial charge on any atom is 0.0710 e. The molecular formula is C13H26N2O. The lowest BCUT2D eigenvalue weighted by atomic mass is 9.93. The second-order valence-electron chi connectivity index (χ2n) is 5.54. The predicted molar refractivity (Wildman–Crippen MR) is 66.4 cm³/mol. The summed E-state index contributed by atoms with van der Waals surface area (Å²) in [6.07, 6.45) is 6.87. The molecule has 1 saturated heterocycles. The molecule has 94 valence electrons. The normalized spacial score (nSPS) is 40.7. The molecule has 0 bridgehead atoms. The fourth-order valence-corrected chi connectivity index (χ4v) is 3.52. The van der Waals surface area contributed by atoms with E-state index < -0.39 is 0 Å². The molecule has 0 aromatic carbocycles. The van der Waals surface area contributed by atoms with E-state index in [4.69, 9.17) is 10.5 Å². The maximum atomic E-state index is 6.07. The van der Waals surface area contributed by atoms with Gasteiger partial charge in [0.25, 0.3) is 0 Å². The van der Waals surface area contributed by atoms with Gasteiger partial charge in [0.1, 0.15) is 0 Å². The zero-order chi connectivity index (χ0) is 11.6. The molecule has 0 aromatic heterocycles. The maximum absolute atomic E-state index is 6.07. The number of methoxy groups -OCH3 is 1. The van der Waals surface area contributed by atoms with Crippen LogP contribution in [0.5, 0.6) is 0 Å². The molecule has 0 aromatic rings. The number of nitrogens with two attached hydrogens (primary N) is 1. The third-order valence-corrected chi connectivity index (χ3v) is 4.79. The van der Waals surface area contributed by atoms with Crippen molar-refractivity contribution in [3.05, 3.63) is 0 Å². The van der Waals surface area contributed by atoms with Crippen LogP contribution in [0.25, 0.3) is 0 Å². The third kappa shape index (κ3) is 2.13. The molecule has 3 heteroatoms. The molecule has 0 amide bonds. The zero-order valence-corrected chi connectivity index (χ0v) is 10.7. The molecule has 3 nitrogen and oxygen atoms in total. The van der Waals surface area contributed by atoms with Gasteiger partial charge in [-0.2, -0.15) is 0 Å². The number of ether oxygens (including phenoxy) is 1. The summed E-state index contributed by atoms with van der Waals surface area (Å²) in [6, 6.07) is 0. The number of hydrogen-bond acceptors (Lipinski definition) is 3. The van der Waals surface area contributed by atoms with Gasteiger partial charge in [-0.15, -0.1) is 0 Å². The Kier molecular flexibility index (Phi) is 3.88. The van der Waals surface area contributed by atoms with E-state index in [-0.39, 0.29) is 0 Å². The second-order valence-corrected chi connectivity index (χ2v) is 5.54. The quantitative estimate of drug-likeness (QED) is 0.791. The van der Waals surface area contributed by atoms with Gasteiger partial charge < -0.3 is 10.5 Å². The first-order valence-electron chi connectivity index (χ1n) is 6.72. The first-order valence-corrected chi connectivity index (χ1v) is 6.72. The van der Waals surface area contributed by atoms with Crippen molar-refractivity contribution in [2.75, 3.05) is 26.7 Å². The molecule has 0 spiro atoms. The Bertz CT molecular complexity index is 234. The highest BCUT2D eigenvalue weighted by Gasteiger charge is 2.44. The zero-order valence-electron chi connectivity index (χ0n) is 10.7. The Morgan fingerprint density at radius 2 is 2.25 bits per heavy atom. The third-order valence-electron chi connectivity index (χ3n) is 4.79. The summed E-state index contributed by atoms with van der Waals surface area (Å²) in [5.74, 6) is 0.894. The summed E-state index contributed by atoms with van der Waals surface area (Å²) >= 11 is 0. The van der Waals surface area contributed by atoms with Crippen LogP contribution < -0.4 is 5.73 Å². The van der Waals surface area contributed by atoms with Gasteiger partial charge in [-0.25, -0.2) is 0 Å². The number of rotatable bonds is 4. The van der Waals surface area contributed by atoms with Crippen molar-refractivity contribution in [2.45, 2.75) is 50.7 Å². The SMILES string of the molecule is CCC1CCC(CN)(N2CCC(OC)C2)C1. The van der Waals surface area contributed by atoms with Crippen LogP contribution in [0.3, 0.4) is 0 Å². The van der Waals surface area contributed by atoms with Crippen molar-refractivity contribution in [3.63, 3.8) is 0 Å². The molecule has 0 radical (unpaired) electrons. The van der Waals surface area contributed by atoms with Gasteiger partial charge in [-0.05, 0) is 31.6 Å². The molecule has 2 N–H and O–H groups in total. The molecule has 3 unspecified atom stereocenters. The summed E-state index contributed by atoms with van der Waals surface area (Å²) in [4.78, 5) is 2.61. The molecular weight excluding hydrogens is 200 g/mol. The Labute approximate surface area is 99.3 Å². The standard InChI is InChI=1S/C13H26N2O/c1-3-11-4-6-13(8-11,10-14)15-7-5-12(9-15)16-2/h11-12H,3-10,14H2,1-2H3. The second kappa shape index (κ2) is 5.03. The lowest BCUT2D eigenvalue weighted by molar-refractivity contribution is 0.0737. The van der Waals surface area contributed by atoms with Gasteiger partial charge >= 0.3 is 0 Å². The van der Waals surface area contributed by atoms with E-state index in [0.29, 0.717) is 11.6 Å².